The highest BCUT2D eigenvalue weighted by molar-refractivity contribution is 6.23. The van der Waals surface area contributed by atoms with Gasteiger partial charge in [0, 0.05) is 0 Å². The maximum Gasteiger partial charge on any atom is 0.333 e. The molecule has 0 saturated heterocycles. The number of hydrogen-bond donors (Lipinski definition) is 1. The predicted octanol–water partition coefficient (Wildman–Crippen LogP) is 2.51. The van der Waals surface area contributed by atoms with Crippen LogP contribution in [0.15, 0.2) is 48.5 Å². The number of amides is 2. The molecule has 1 heterocycles. The van der Waals surface area contributed by atoms with Crippen LogP contribution in [-0.4, -0.2) is 39.9 Å². The second kappa shape index (κ2) is 6.05. The molecule has 0 saturated carbocycles. The summed E-state index contributed by atoms with van der Waals surface area (Å²) in [5, 5.41) is 9.73. The van der Waals surface area contributed by atoms with Crippen LogP contribution in [0.4, 0.5) is 0 Å². The highest BCUT2D eigenvalue weighted by Gasteiger charge is 2.52. The van der Waals surface area contributed by atoms with Crippen molar-refractivity contribution in [2.45, 2.75) is 19.4 Å². The Labute approximate surface area is 144 Å². The van der Waals surface area contributed by atoms with E-state index in [4.69, 9.17) is 4.74 Å². The maximum atomic E-state index is 12.8. The van der Waals surface area contributed by atoms with Crippen molar-refractivity contribution in [2.24, 2.45) is 0 Å². The molecule has 0 spiro atoms. The number of carbonyl (C=O) groups is 3. The Balaban J connectivity index is 1.96. The molecule has 1 aliphatic heterocycles. The fraction of sp³-hybridized carbons (Fsp3) is 0.211. The minimum atomic E-state index is -1.82. The second-order valence-corrected chi connectivity index (χ2v) is 6.12. The number of para-hydroxylation sites is 1. The van der Waals surface area contributed by atoms with Gasteiger partial charge in [0.15, 0.2) is 5.54 Å². The van der Waals surface area contributed by atoms with E-state index in [-0.39, 0.29) is 17.7 Å². The third-order valence-corrected chi connectivity index (χ3v) is 4.34. The van der Waals surface area contributed by atoms with Crippen LogP contribution >= 0.6 is 0 Å². The van der Waals surface area contributed by atoms with Gasteiger partial charge in [-0.25, -0.2) is 4.79 Å². The molecule has 25 heavy (non-hydrogen) atoms. The van der Waals surface area contributed by atoms with Gasteiger partial charge in [-0.2, -0.15) is 0 Å². The van der Waals surface area contributed by atoms with Gasteiger partial charge in [0.2, 0.25) is 0 Å². The summed E-state index contributed by atoms with van der Waals surface area (Å²) in [6, 6.07) is 13.6. The summed E-state index contributed by atoms with van der Waals surface area (Å²) < 4.78 is 5.54. The molecule has 0 fully saturated rings. The molecule has 6 nitrogen and oxygen atoms in total. The first-order valence-electron chi connectivity index (χ1n) is 7.76. The van der Waals surface area contributed by atoms with E-state index in [1.807, 2.05) is 0 Å². The lowest BCUT2D eigenvalue weighted by atomic mass is 10.0. The smallest absolute Gasteiger partial charge is 0.333 e. The first kappa shape index (κ1) is 16.7. The molecule has 0 aromatic heterocycles. The van der Waals surface area contributed by atoms with Crippen molar-refractivity contribution in [3.8, 4) is 5.75 Å². The molecule has 3 rings (SSSR count). The molecule has 1 N–H and O–H groups in total. The minimum Gasteiger partial charge on any atom is -0.490 e. The van der Waals surface area contributed by atoms with Crippen LogP contribution < -0.4 is 4.74 Å². The van der Waals surface area contributed by atoms with Gasteiger partial charge in [-0.15, -0.1) is 0 Å². The molecule has 1 atom stereocenters. The topological polar surface area (TPSA) is 83.9 Å². The standard InChI is InChI=1S/C19H17NO5/c1-12-7-6-10-14-15(12)17(22)20(16(14)21)19(2,18(23)24)11-25-13-8-4-3-5-9-13/h3-10H,11H2,1-2H3,(H,23,24). The van der Waals surface area contributed by atoms with Crippen LogP contribution in [0, 0.1) is 6.92 Å². The van der Waals surface area contributed by atoms with Gasteiger partial charge in [0.05, 0.1) is 11.1 Å². The number of carboxylic acid groups (broad SMARTS) is 1. The maximum absolute atomic E-state index is 12.8. The molecule has 0 radical (unpaired) electrons. The lowest BCUT2D eigenvalue weighted by Gasteiger charge is -2.33. The van der Waals surface area contributed by atoms with Crippen molar-refractivity contribution in [2.75, 3.05) is 6.61 Å². The average Bonchev–Trinajstić information content (AvgIpc) is 2.86. The summed E-state index contributed by atoms with van der Waals surface area (Å²) in [6.45, 7) is 2.68. The summed E-state index contributed by atoms with van der Waals surface area (Å²) in [4.78, 5) is 38.2. The Bertz CT molecular complexity index is 861. The van der Waals surface area contributed by atoms with Crippen LogP contribution in [0.5, 0.6) is 5.75 Å². The van der Waals surface area contributed by atoms with Crippen LogP contribution in [0.1, 0.15) is 33.2 Å². The molecule has 0 aliphatic carbocycles. The van der Waals surface area contributed by atoms with Crippen molar-refractivity contribution >= 4 is 17.8 Å². The summed E-state index contributed by atoms with van der Waals surface area (Å²) in [5.74, 6) is -2.08. The van der Waals surface area contributed by atoms with E-state index in [0.717, 1.165) is 4.90 Å². The van der Waals surface area contributed by atoms with E-state index < -0.39 is 23.3 Å². The number of aryl methyl sites for hydroxylation is 1. The fourth-order valence-electron chi connectivity index (χ4n) is 2.87. The average molecular weight is 339 g/mol. The Morgan fingerprint density at radius 2 is 1.76 bits per heavy atom. The minimum absolute atomic E-state index is 0.220. The van der Waals surface area contributed by atoms with Gasteiger partial charge >= 0.3 is 5.97 Å². The summed E-state index contributed by atoms with van der Waals surface area (Å²) in [7, 11) is 0. The zero-order valence-electron chi connectivity index (χ0n) is 13.9. The van der Waals surface area contributed by atoms with E-state index in [0.29, 0.717) is 11.3 Å². The molecule has 1 aliphatic rings. The second-order valence-electron chi connectivity index (χ2n) is 6.12. The Morgan fingerprint density at radius 1 is 1.08 bits per heavy atom. The van der Waals surface area contributed by atoms with Crippen molar-refractivity contribution < 1.29 is 24.2 Å². The number of carboxylic acids is 1. The van der Waals surface area contributed by atoms with Crippen molar-refractivity contribution in [3.05, 3.63) is 65.2 Å². The summed E-state index contributed by atoms with van der Waals surface area (Å²) >= 11 is 0. The number of ether oxygens (including phenoxy) is 1. The number of benzene rings is 2. The van der Waals surface area contributed by atoms with E-state index in [1.54, 1.807) is 49.4 Å². The fourth-order valence-corrected chi connectivity index (χ4v) is 2.87. The van der Waals surface area contributed by atoms with E-state index in [1.165, 1.54) is 13.0 Å². The number of rotatable bonds is 5. The Kier molecular flexibility index (Phi) is 4.04. The molecule has 128 valence electrons. The first-order valence-corrected chi connectivity index (χ1v) is 7.76. The van der Waals surface area contributed by atoms with Gasteiger partial charge < -0.3 is 9.84 Å². The lowest BCUT2D eigenvalue weighted by molar-refractivity contribution is -0.149. The number of aliphatic carboxylic acids is 1. The normalized spacial score (nSPS) is 15.7. The molecule has 1 unspecified atom stereocenters. The Morgan fingerprint density at radius 3 is 2.36 bits per heavy atom. The molecular weight excluding hydrogens is 322 g/mol. The number of fused-ring (bicyclic) bond motifs is 1. The zero-order chi connectivity index (χ0) is 18.2. The van der Waals surface area contributed by atoms with Crippen LogP contribution in [0.2, 0.25) is 0 Å². The van der Waals surface area contributed by atoms with E-state index in [2.05, 4.69) is 0 Å². The third-order valence-electron chi connectivity index (χ3n) is 4.34. The highest BCUT2D eigenvalue weighted by Crippen LogP contribution is 2.32. The predicted molar refractivity (Wildman–Crippen MR) is 89.7 cm³/mol. The van der Waals surface area contributed by atoms with Crippen LogP contribution in [-0.2, 0) is 4.79 Å². The van der Waals surface area contributed by atoms with Gasteiger partial charge in [-0.3, -0.25) is 14.5 Å². The van der Waals surface area contributed by atoms with E-state index in [9.17, 15) is 19.5 Å². The van der Waals surface area contributed by atoms with Crippen LogP contribution in [0.25, 0.3) is 0 Å². The SMILES string of the molecule is Cc1cccc2c1C(=O)N(C(C)(COc1ccccc1)C(=O)O)C2=O. The van der Waals surface area contributed by atoms with Gasteiger partial charge in [-0.1, -0.05) is 30.3 Å². The zero-order valence-corrected chi connectivity index (χ0v) is 13.9. The molecule has 2 aromatic carbocycles. The van der Waals surface area contributed by atoms with Crippen molar-refractivity contribution in [3.63, 3.8) is 0 Å². The molecular formula is C19H17NO5. The van der Waals surface area contributed by atoms with Crippen LogP contribution in [0.3, 0.4) is 0 Å². The molecule has 2 aromatic rings. The largest absolute Gasteiger partial charge is 0.490 e. The van der Waals surface area contributed by atoms with Gasteiger partial charge in [0.25, 0.3) is 11.8 Å². The van der Waals surface area contributed by atoms with Crippen molar-refractivity contribution in [1.29, 1.82) is 0 Å². The molecule has 2 amide bonds. The van der Waals surface area contributed by atoms with Crippen molar-refractivity contribution in [1.82, 2.24) is 4.90 Å². The monoisotopic (exact) mass is 339 g/mol. The molecule has 0 bridgehead atoms. The number of carbonyl (C=O) groups excluding carboxylic acids is 2. The summed E-state index contributed by atoms with van der Waals surface area (Å²) in [5.41, 5.74) is -0.720. The third kappa shape index (κ3) is 2.65. The van der Waals surface area contributed by atoms with E-state index >= 15 is 0 Å². The van der Waals surface area contributed by atoms with Gasteiger partial charge in [0.1, 0.15) is 12.4 Å². The Hall–Kier alpha value is -3.15. The number of nitrogens with zero attached hydrogens (tertiary/aromatic N) is 1. The first-order chi connectivity index (χ1) is 11.9. The number of hydrogen-bond acceptors (Lipinski definition) is 4. The molecule has 6 heteroatoms. The summed E-state index contributed by atoms with van der Waals surface area (Å²) in [6.07, 6.45) is 0. The highest BCUT2D eigenvalue weighted by atomic mass is 16.5. The quantitative estimate of drug-likeness (QED) is 0.846. The van der Waals surface area contributed by atoms with Gasteiger partial charge in [-0.05, 0) is 37.6 Å². The number of imide groups is 1. The lowest BCUT2D eigenvalue weighted by Crippen LogP contribution is -2.58.